The molecule has 68 valence electrons. The predicted octanol–water partition coefficient (Wildman–Crippen LogP) is -1.29. The highest BCUT2D eigenvalue weighted by atomic mass is 32.2. The van der Waals surface area contributed by atoms with E-state index in [4.69, 9.17) is 6.42 Å². The summed E-state index contributed by atoms with van der Waals surface area (Å²) >= 11 is 0. The van der Waals surface area contributed by atoms with E-state index in [-0.39, 0.29) is 6.54 Å². The normalized spacial score (nSPS) is 10.3. The van der Waals surface area contributed by atoms with Gasteiger partial charge in [-0.1, -0.05) is 5.92 Å². The molecule has 0 aliphatic rings. The van der Waals surface area contributed by atoms with Crippen LogP contribution in [0.3, 0.4) is 0 Å². The topological polar surface area (TPSA) is 72.5 Å². The molecule has 6 heteroatoms. The Labute approximate surface area is 71.1 Å². The fourth-order valence-electron chi connectivity index (χ4n) is 0.417. The zero-order chi connectivity index (χ0) is 9.61. The van der Waals surface area contributed by atoms with Gasteiger partial charge in [0.25, 0.3) is 0 Å². The molecule has 5 nitrogen and oxygen atoms in total. The highest BCUT2D eigenvalue weighted by Crippen LogP contribution is 1.85. The predicted molar refractivity (Wildman–Crippen MR) is 42.6 cm³/mol. The number of methoxy groups -OCH3 is 1. The molecule has 0 bridgehead atoms. The molecule has 0 saturated carbocycles. The van der Waals surface area contributed by atoms with E-state index in [2.05, 4.69) is 10.7 Å². The van der Waals surface area contributed by atoms with Crippen molar-refractivity contribution in [2.75, 3.05) is 19.4 Å². The molecule has 0 amide bonds. The number of carbonyl (C=O) groups is 1. The lowest BCUT2D eigenvalue weighted by Gasteiger charge is -2.01. The summed E-state index contributed by atoms with van der Waals surface area (Å²) in [6, 6.07) is 0. The first kappa shape index (κ1) is 10.9. The SMILES string of the molecule is C#CCNS(=O)(=O)CC(=O)OC. The minimum Gasteiger partial charge on any atom is -0.468 e. The van der Waals surface area contributed by atoms with Crippen molar-refractivity contribution in [1.29, 1.82) is 0 Å². The van der Waals surface area contributed by atoms with Gasteiger partial charge in [0, 0.05) is 0 Å². The van der Waals surface area contributed by atoms with E-state index in [1.807, 2.05) is 4.72 Å². The van der Waals surface area contributed by atoms with Crippen molar-refractivity contribution < 1.29 is 17.9 Å². The molecule has 0 aliphatic carbocycles. The van der Waals surface area contributed by atoms with Crippen LogP contribution in [0.25, 0.3) is 0 Å². The van der Waals surface area contributed by atoms with Crippen molar-refractivity contribution in [3.05, 3.63) is 0 Å². The first-order chi connectivity index (χ1) is 5.52. The zero-order valence-corrected chi connectivity index (χ0v) is 7.35. The maximum atomic E-state index is 10.9. The number of terminal acetylenes is 1. The molecule has 0 radical (unpaired) electrons. The number of sulfonamides is 1. The molecule has 0 rings (SSSR count). The van der Waals surface area contributed by atoms with Crippen LogP contribution >= 0.6 is 0 Å². The summed E-state index contributed by atoms with van der Waals surface area (Å²) < 4.78 is 27.9. The maximum Gasteiger partial charge on any atom is 0.322 e. The molecule has 0 heterocycles. The van der Waals surface area contributed by atoms with Gasteiger partial charge in [0.15, 0.2) is 5.75 Å². The van der Waals surface area contributed by atoms with E-state index in [0.29, 0.717) is 0 Å². The number of nitrogens with one attached hydrogen (secondary N) is 1. The zero-order valence-electron chi connectivity index (χ0n) is 6.53. The largest absolute Gasteiger partial charge is 0.468 e. The van der Waals surface area contributed by atoms with E-state index in [1.165, 1.54) is 0 Å². The number of esters is 1. The summed E-state index contributed by atoms with van der Waals surface area (Å²) in [6.45, 7) is -0.126. The van der Waals surface area contributed by atoms with Gasteiger partial charge in [-0.05, 0) is 0 Å². The van der Waals surface area contributed by atoms with E-state index in [9.17, 15) is 13.2 Å². The Morgan fingerprint density at radius 2 is 2.25 bits per heavy atom. The third-order valence-electron chi connectivity index (χ3n) is 0.930. The van der Waals surface area contributed by atoms with Crippen LogP contribution in [-0.2, 0) is 19.6 Å². The Hall–Kier alpha value is -1.06. The summed E-state index contributed by atoms with van der Waals surface area (Å²) in [5, 5.41) is 0. The van der Waals surface area contributed by atoms with E-state index in [1.54, 1.807) is 0 Å². The highest BCUT2D eigenvalue weighted by molar-refractivity contribution is 7.90. The summed E-state index contributed by atoms with van der Waals surface area (Å²) in [4.78, 5) is 10.5. The van der Waals surface area contributed by atoms with Gasteiger partial charge in [-0.25, -0.2) is 13.1 Å². The standard InChI is InChI=1S/C6H9NO4S/c1-3-4-7-12(9,10)5-6(8)11-2/h1,7H,4-5H2,2H3. The first-order valence-corrected chi connectivity index (χ1v) is 4.64. The minimum absolute atomic E-state index is 0.126. The highest BCUT2D eigenvalue weighted by Gasteiger charge is 2.15. The first-order valence-electron chi connectivity index (χ1n) is 2.99. The Balaban J connectivity index is 4.07. The third kappa shape index (κ3) is 4.71. The molecule has 0 aliphatic heterocycles. The van der Waals surface area contributed by atoms with Crippen molar-refractivity contribution in [3.63, 3.8) is 0 Å². The minimum atomic E-state index is -3.62. The summed E-state index contributed by atoms with van der Waals surface area (Å²) in [5.41, 5.74) is 0. The quantitative estimate of drug-likeness (QED) is 0.443. The van der Waals surface area contributed by atoms with E-state index in [0.717, 1.165) is 7.11 Å². The molecular formula is C6H9NO4S. The van der Waals surface area contributed by atoms with Gasteiger partial charge in [0.1, 0.15) is 0 Å². The Morgan fingerprint density at radius 3 is 2.67 bits per heavy atom. The Kier molecular flexibility index (Phi) is 4.33. The molecule has 0 spiro atoms. The summed E-state index contributed by atoms with van der Waals surface area (Å²) in [7, 11) is -2.51. The fourth-order valence-corrected chi connectivity index (χ4v) is 1.25. The van der Waals surface area contributed by atoms with Crippen LogP contribution in [-0.4, -0.2) is 33.8 Å². The van der Waals surface area contributed by atoms with Crippen LogP contribution in [0.4, 0.5) is 0 Å². The van der Waals surface area contributed by atoms with Crippen molar-refractivity contribution in [3.8, 4) is 12.3 Å². The van der Waals surface area contributed by atoms with Crippen molar-refractivity contribution in [1.82, 2.24) is 4.72 Å². The molecule has 0 aromatic rings. The smallest absolute Gasteiger partial charge is 0.322 e. The number of rotatable bonds is 4. The molecular weight excluding hydrogens is 182 g/mol. The molecule has 0 unspecified atom stereocenters. The average Bonchev–Trinajstić information content (AvgIpc) is 2.00. The number of hydrogen-bond acceptors (Lipinski definition) is 4. The van der Waals surface area contributed by atoms with Crippen molar-refractivity contribution in [2.24, 2.45) is 0 Å². The second kappa shape index (κ2) is 4.74. The molecule has 0 aromatic heterocycles. The van der Waals surface area contributed by atoms with Gasteiger partial charge in [-0.3, -0.25) is 4.79 Å². The van der Waals surface area contributed by atoms with Gasteiger partial charge in [0.05, 0.1) is 13.7 Å². The molecule has 0 fully saturated rings. The Morgan fingerprint density at radius 1 is 1.67 bits per heavy atom. The average molecular weight is 191 g/mol. The molecule has 0 saturated heterocycles. The monoisotopic (exact) mass is 191 g/mol. The molecule has 12 heavy (non-hydrogen) atoms. The lowest BCUT2D eigenvalue weighted by Crippen LogP contribution is -2.30. The second-order valence-corrected chi connectivity index (χ2v) is 3.67. The summed E-state index contributed by atoms with van der Waals surface area (Å²) in [5.74, 6) is 0.550. The van der Waals surface area contributed by atoms with Gasteiger partial charge in [-0.15, -0.1) is 6.42 Å². The van der Waals surface area contributed by atoms with Gasteiger partial charge in [-0.2, -0.15) is 0 Å². The van der Waals surface area contributed by atoms with Crippen molar-refractivity contribution >= 4 is 16.0 Å². The van der Waals surface area contributed by atoms with Gasteiger partial charge >= 0.3 is 5.97 Å². The van der Waals surface area contributed by atoms with E-state index >= 15 is 0 Å². The lowest BCUT2D eigenvalue weighted by molar-refractivity contribution is -0.137. The number of ether oxygens (including phenoxy) is 1. The second-order valence-electron chi connectivity index (χ2n) is 1.86. The van der Waals surface area contributed by atoms with Crippen LogP contribution in [0.15, 0.2) is 0 Å². The van der Waals surface area contributed by atoms with Gasteiger partial charge < -0.3 is 4.74 Å². The van der Waals surface area contributed by atoms with Crippen LogP contribution in [0, 0.1) is 12.3 Å². The van der Waals surface area contributed by atoms with Crippen LogP contribution < -0.4 is 4.72 Å². The van der Waals surface area contributed by atoms with E-state index < -0.39 is 21.7 Å². The molecule has 1 N–H and O–H groups in total. The van der Waals surface area contributed by atoms with Crippen LogP contribution in [0.2, 0.25) is 0 Å². The summed E-state index contributed by atoms with van der Waals surface area (Å²) in [6.07, 6.45) is 4.81. The Bertz CT molecular complexity index is 287. The number of hydrogen-bond donors (Lipinski definition) is 1. The van der Waals surface area contributed by atoms with Gasteiger partial charge in [0.2, 0.25) is 10.0 Å². The van der Waals surface area contributed by atoms with Crippen molar-refractivity contribution in [2.45, 2.75) is 0 Å². The van der Waals surface area contributed by atoms with Crippen LogP contribution in [0.1, 0.15) is 0 Å². The molecule has 0 atom stereocenters. The fraction of sp³-hybridized carbons (Fsp3) is 0.500. The maximum absolute atomic E-state index is 10.9. The van der Waals surface area contributed by atoms with Crippen LogP contribution in [0.5, 0.6) is 0 Å². The number of carbonyl (C=O) groups excluding carboxylic acids is 1. The third-order valence-corrected chi connectivity index (χ3v) is 2.13. The molecule has 0 aromatic carbocycles. The lowest BCUT2D eigenvalue weighted by atomic mass is 10.7.